The Labute approximate surface area is 125 Å². The van der Waals surface area contributed by atoms with E-state index in [1.807, 2.05) is 6.07 Å². The zero-order valence-corrected chi connectivity index (χ0v) is 12.1. The van der Waals surface area contributed by atoms with E-state index in [1.165, 1.54) is 16.7 Å². The van der Waals surface area contributed by atoms with Gasteiger partial charge in [0.2, 0.25) is 0 Å². The van der Waals surface area contributed by atoms with E-state index in [9.17, 15) is 14.7 Å². The van der Waals surface area contributed by atoms with Crippen LogP contribution in [-0.2, 0) is 9.59 Å². The van der Waals surface area contributed by atoms with E-state index in [-0.39, 0.29) is 12.3 Å². The van der Waals surface area contributed by atoms with Crippen molar-refractivity contribution in [2.75, 3.05) is 6.54 Å². The molecule has 0 saturated carbocycles. The molecular formula is C13H11N2O3S2-. The fourth-order valence-corrected chi connectivity index (χ4v) is 3.00. The van der Waals surface area contributed by atoms with Crippen molar-refractivity contribution in [1.29, 1.82) is 0 Å². The summed E-state index contributed by atoms with van der Waals surface area (Å²) in [7, 11) is 0. The van der Waals surface area contributed by atoms with Crippen LogP contribution in [0.25, 0.3) is 6.08 Å². The predicted molar refractivity (Wildman–Crippen MR) is 78.4 cm³/mol. The van der Waals surface area contributed by atoms with Crippen molar-refractivity contribution in [2.24, 2.45) is 0 Å². The number of nitrogens with zero attached hydrogens (tertiary/aromatic N) is 2. The summed E-state index contributed by atoms with van der Waals surface area (Å²) in [6.45, 7) is 0.295. The number of amides is 1. The second kappa shape index (κ2) is 6.62. The Kier molecular flexibility index (Phi) is 4.86. The highest BCUT2D eigenvalue weighted by Crippen LogP contribution is 2.32. The third kappa shape index (κ3) is 3.64. The van der Waals surface area contributed by atoms with Gasteiger partial charge in [0.05, 0.1) is 4.91 Å². The quantitative estimate of drug-likeness (QED) is 0.592. The summed E-state index contributed by atoms with van der Waals surface area (Å²) in [4.78, 5) is 28.5. The van der Waals surface area contributed by atoms with Crippen LogP contribution in [0.2, 0.25) is 0 Å². The largest absolute Gasteiger partial charge is 0.550 e. The smallest absolute Gasteiger partial charge is 0.266 e. The lowest BCUT2D eigenvalue weighted by Crippen LogP contribution is -2.30. The van der Waals surface area contributed by atoms with Crippen molar-refractivity contribution in [2.45, 2.75) is 12.8 Å². The molecule has 1 amide bonds. The molecule has 0 atom stereocenters. The van der Waals surface area contributed by atoms with Crippen LogP contribution in [0.3, 0.4) is 0 Å². The summed E-state index contributed by atoms with van der Waals surface area (Å²) < 4.78 is 0.448. The Morgan fingerprint density at radius 3 is 3.00 bits per heavy atom. The summed E-state index contributed by atoms with van der Waals surface area (Å²) in [6, 6.07) is 3.63. The second-order valence-electron chi connectivity index (χ2n) is 4.10. The van der Waals surface area contributed by atoms with Gasteiger partial charge in [-0.3, -0.25) is 14.7 Å². The Morgan fingerprint density at radius 2 is 2.35 bits per heavy atom. The maximum Gasteiger partial charge on any atom is 0.266 e. The molecule has 0 radical (unpaired) electrons. The van der Waals surface area contributed by atoms with Gasteiger partial charge in [0.1, 0.15) is 4.32 Å². The van der Waals surface area contributed by atoms with E-state index >= 15 is 0 Å². The molecular weight excluding hydrogens is 296 g/mol. The first kappa shape index (κ1) is 14.7. The number of rotatable bonds is 5. The first-order valence-corrected chi connectivity index (χ1v) is 7.15. The number of thiocarbonyl (C=S) groups is 1. The van der Waals surface area contributed by atoms with Crippen LogP contribution < -0.4 is 5.11 Å². The molecule has 104 valence electrons. The molecule has 1 aliphatic heterocycles. The van der Waals surface area contributed by atoms with Crippen molar-refractivity contribution in [3.8, 4) is 0 Å². The van der Waals surface area contributed by atoms with Crippen LogP contribution in [-0.4, -0.2) is 32.6 Å². The third-order valence-corrected chi connectivity index (χ3v) is 4.00. The van der Waals surface area contributed by atoms with Gasteiger partial charge in [0.25, 0.3) is 5.91 Å². The van der Waals surface area contributed by atoms with Crippen LogP contribution in [0.4, 0.5) is 0 Å². The Bertz CT molecular complexity index is 572. The van der Waals surface area contributed by atoms with Gasteiger partial charge >= 0.3 is 0 Å². The zero-order chi connectivity index (χ0) is 14.5. The predicted octanol–water partition coefficient (Wildman–Crippen LogP) is 0.813. The van der Waals surface area contributed by atoms with E-state index in [0.717, 1.165) is 5.56 Å². The summed E-state index contributed by atoms with van der Waals surface area (Å²) in [5.41, 5.74) is 0.822. The molecule has 1 aliphatic rings. The third-order valence-electron chi connectivity index (χ3n) is 2.62. The van der Waals surface area contributed by atoms with Gasteiger partial charge in [-0.2, -0.15) is 0 Å². The molecule has 2 heterocycles. The lowest BCUT2D eigenvalue weighted by atomic mass is 10.2. The number of thioether (sulfide) groups is 1. The number of hydrogen-bond donors (Lipinski definition) is 0. The molecule has 0 bridgehead atoms. The molecule has 0 spiro atoms. The van der Waals surface area contributed by atoms with E-state index < -0.39 is 5.97 Å². The molecule has 0 unspecified atom stereocenters. The van der Waals surface area contributed by atoms with E-state index in [1.54, 1.807) is 24.5 Å². The standard InChI is InChI=1S/C13H12N2O3S2/c16-11(17)4-2-6-15-12(18)10(20-13(15)19)7-9-3-1-5-14-8-9/h1,3,5,7-8H,2,4,6H2,(H,16,17)/p-1/b10-7-. The summed E-state index contributed by atoms with van der Waals surface area (Å²) in [5.74, 6) is -1.32. The molecule has 1 saturated heterocycles. The van der Waals surface area contributed by atoms with Crippen LogP contribution >= 0.6 is 24.0 Å². The van der Waals surface area contributed by atoms with Crippen molar-refractivity contribution in [1.82, 2.24) is 9.88 Å². The molecule has 7 heteroatoms. The molecule has 1 fully saturated rings. The summed E-state index contributed by atoms with van der Waals surface area (Å²) in [5, 5.41) is 10.4. The van der Waals surface area contributed by atoms with Crippen molar-refractivity contribution < 1.29 is 14.7 Å². The minimum Gasteiger partial charge on any atom is -0.550 e. The van der Waals surface area contributed by atoms with Gasteiger partial charge < -0.3 is 9.90 Å². The first-order chi connectivity index (χ1) is 9.58. The molecule has 0 aliphatic carbocycles. The molecule has 0 aromatic carbocycles. The Balaban J connectivity index is 2.05. The van der Waals surface area contributed by atoms with Gasteiger partial charge in [-0.15, -0.1) is 0 Å². The molecule has 0 N–H and O–H groups in total. The van der Waals surface area contributed by atoms with E-state index in [2.05, 4.69) is 4.98 Å². The van der Waals surface area contributed by atoms with Crippen molar-refractivity contribution in [3.05, 3.63) is 35.0 Å². The van der Waals surface area contributed by atoms with Crippen LogP contribution in [0, 0.1) is 0 Å². The molecule has 5 nitrogen and oxygen atoms in total. The normalized spacial score (nSPS) is 17.0. The van der Waals surface area contributed by atoms with Gasteiger partial charge in [-0.1, -0.05) is 30.0 Å². The average molecular weight is 307 g/mol. The minimum absolute atomic E-state index is 0.0846. The summed E-state index contributed by atoms with van der Waals surface area (Å²) in [6.07, 6.45) is 5.28. The fourth-order valence-electron chi connectivity index (χ4n) is 1.69. The zero-order valence-electron chi connectivity index (χ0n) is 10.4. The van der Waals surface area contributed by atoms with E-state index in [0.29, 0.717) is 22.2 Å². The van der Waals surface area contributed by atoms with Crippen molar-refractivity contribution in [3.63, 3.8) is 0 Å². The lowest BCUT2D eigenvalue weighted by molar-refractivity contribution is -0.305. The van der Waals surface area contributed by atoms with Gasteiger partial charge in [0, 0.05) is 24.9 Å². The monoisotopic (exact) mass is 307 g/mol. The number of carboxylic acid groups (broad SMARTS) is 1. The Hall–Kier alpha value is -1.73. The molecule has 1 aromatic rings. The maximum absolute atomic E-state index is 12.2. The number of carbonyl (C=O) groups excluding carboxylic acids is 2. The van der Waals surface area contributed by atoms with E-state index in [4.69, 9.17) is 12.2 Å². The number of carbonyl (C=O) groups is 2. The fraction of sp³-hybridized carbons (Fsp3) is 0.231. The topological polar surface area (TPSA) is 73.3 Å². The highest BCUT2D eigenvalue weighted by molar-refractivity contribution is 8.26. The second-order valence-corrected chi connectivity index (χ2v) is 5.77. The maximum atomic E-state index is 12.2. The highest BCUT2D eigenvalue weighted by atomic mass is 32.2. The van der Waals surface area contributed by atoms with Gasteiger partial charge in [-0.05, 0) is 30.5 Å². The number of aliphatic carboxylic acids is 1. The molecule has 2 rings (SSSR count). The van der Waals surface area contributed by atoms with Gasteiger partial charge in [-0.25, -0.2) is 0 Å². The minimum atomic E-state index is -1.12. The highest BCUT2D eigenvalue weighted by Gasteiger charge is 2.31. The molecule has 1 aromatic heterocycles. The molecule has 20 heavy (non-hydrogen) atoms. The van der Waals surface area contributed by atoms with Crippen LogP contribution in [0.5, 0.6) is 0 Å². The first-order valence-electron chi connectivity index (χ1n) is 5.93. The van der Waals surface area contributed by atoms with Crippen LogP contribution in [0.1, 0.15) is 18.4 Å². The summed E-state index contributed by atoms with van der Waals surface area (Å²) >= 11 is 6.35. The number of carboxylic acids is 1. The SMILES string of the molecule is O=C([O-])CCCN1C(=O)/C(=C/c2cccnc2)SC1=S. The Morgan fingerprint density at radius 1 is 1.55 bits per heavy atom. The van der Waals surface area contributed by atoms with Crippen molar-refractivity contribution >= 4 is 46.3 Å². The van der Waals surface area contributed by atoms with Gasteiger partial charge in [0.15, 0.2) is 0 Å². The number of pyridine rings is 1. The van der Waals surface area contributed by atoms with Crippen LogP contribution in [0.15, 0.2) is 29.4 Å². The lowest BCUT2D eigenvalue weighted by Gasteiger charge is -2.14. The number of hydrogen-bond acceptors (Lipinski definition) is 6. The number of aromatic nitrogens is 1. The average Bonchev–Trinajstić information content (AvgIpc) is 2.67.